The second-order valence-corrected chi connectivity index (χ2v) is 7.24. The van der Waals surface area contributed by atoms with Crippen LogP contribution in [0.2, 0.25) is 0 Å². The fourth-order valence-electron chi connectivity index (χ4n) is 2.15. The van der Waals surface area contributed by atoms with Gasteiger partial charge >= 0.3 is 0 Å². The van der Waals surface area contributed by atoms with Gasteiger partial charge < -0.3 is 0 Å². The summed E-state index contributed by atoms with van der Waals surface area (Å²) in [6, 6.07) is 7.73. The minimum absolute atomic E-state index is 0.0894. The summed E-state index contributed by atoms with van der Waals surface area (Å²) in [5, 5.41) is 0. The molecule has 0 heterocycles. The van der Waals surface area contributed by atoms with Gasteiger partial charge in [-0.2, -0.15) is 4.31 Å². The maximum Gasteiger partial charge on any atom is 0.218 e. The van der Waals surface area contributed by atoms with E-state index in [1.165, 1.54) is 0 Å². The minimum atomic E-state index is -3.19. The molecular weight excluding hydrogens is 282 g/mol. The van der Waals surface area contributed by atoms with Crippen LogP contribution in [0.3, 0.4) is 0 Å². The molecule has 0 N–H and O–H groups in total. The Labute approximate surface area is 120 Å². The molecular formula is C14H20ClNO2S. The second-order valence-electron chi connectivity index (χ2n) is 5.05. The predicted molar refractivity (Wildman–Crippen MR) is 78.6 cm³/mol. The van der Waals surface area contributed by atoms with E-state index in [-0.39, 0.29) is 11.8 Å². The van der Waals surface area contributed by atoms with Crippen molar-refractivity contribution in [2.45, 2.75) is 43.9 Å². The predicted octanol–water partition coefficient (Wildman–Crippen LogP) is 3.13. The summed E-state index contributed by atoms with van der Waals surface area (Å²) in [7, 11) is -3.19. The summed E-state index contributed by atoms with van der Waals surface area (Å²) in [6.45, 7) is 2.65. The van der Waals surface area contributed by atoms with Crippen LogP contribution in [-0.4, -0.2) is 25.3 Å². The summed E-state index contributed by atoms with van der Waals surface area (Å²) in [5.74, 6) is 0.545. The molecule has 1 aliphatic rings. The molecule has 1 aliphatic carbocycles. The average molecular weight is 302 g/mol. The zero-order valence-corrected chi connectivity index (χ0v) is 12.8. The van der Waals surface area contributed by atoms with E-state index in [1.54, 1.807) is 4.31 Å². The molecule has 0 aliphatic heterocycles. The van der Waals surface area contributed by atoms with Crippen molar-refractivity contribution in [2.24, 2.45) is 0 Å². The van der Waals surface area contributed by atoms with Crippen molar-refractivity contribution in [1.29, 1.82) is 0 Å². The third kappa shape index (κ3) is 3.94. The lowest BCUT2D eigenvalue weighted by atomic mass is 10.2. The molecule has 106 valence electrons. The van der Waals surface area contributed by atoms with Gasteiger partial charge in [0.15, 0.2) is 0 Å². The molecule has 1 aromatic rings. The van der Waals surface area contributed by atoms with Gasteiger partial charge in [-0.15, -0.1) is 11.6 Å². The Morgan fingerprint density at radius 1 is 1.21 bits per heavy atom. The van der Waals surface area contributed by atoms with Gasteiger partial charge in [0, 0.05) is 18.5 Å². The summed E-state index contributed by atoms with van der Waals surface area (Å²) >= 11 is 5.73. The second kappa shape index (κ2) is 6.25. The normalized spacial score (nSPS) is 15.9. The highest BCUT2D eigenvalue weighted by Crippen LogP contribution is 2.30. The van der Waals surface area contributed by atoms with Gasteiger partial charge in [0.2, 0.25) is 10.0 Å². The standard InChI is InChI=1S/C14H20ClNO2S/c1-2-9-16(14-7-8-14)19(17,18)11-13-5-3-12(10-15)4-6-13/h3-6,14H,2,7-11H2,1H3. The molecule has 0 aromatic heterocycles. The SMILES string of the molecule is CCCN(C1CC1)S(=O)(=O)Cc1ccc(CCl)cc1. The van der Waals surface area contributed by atoms with Gasteiger partial charge in [0.1, 0.15) is 0 Å². The Bertz CT molecular complexity index is 509. The average Bonchev–Trinajstić information content (AvgIpc) is 3.20. The van der Waals surface area contributed by atoms with Crippen LogP contribution >= 0.6 is 11.6 Å². The fraction of sp³-hybridized carbons (Fsp3) is 0.571. The van der Waals surface area contributed by atoms with Crippen LogP contribution in [0.1, 0.15) is 37.3 Å². The number of sulfonamides is 1. The largest absolute Gasteiger partial charge is 0.218 e. The fourth-order valence-corrected chi connectivity index (χ4v) is 4.23. The van der Waals surface area contributed by atoms with Crippen molar-refractivity contribution >= 4 is 21.6 Å². The summed E-state index contributed by atoms with van der Waals surface area (Å²) in [4.78, 5) is 0. The van der Waals surface area contributed by atoms with Gasteiger partial charge in [-0.3, -0.25) is 0 Å². The van der Waals surface area contributed by atoms with Crippen LogP contribution in [-0.2, 0) is 21.7 Å². The van der Waals surface area contributed by atoms with Crippen LogP contribution < -0.4 is 0 Å². The quantitative estimate of drug-likeness (QED) is 0.726. The molecule has 0 radical (unpaired) electrons. The number of benzene rings is 1. The highest BCUT2D eigenvalue weighted by molar-refractivity contribution is 7.88. The molecule has 0 saturated heterocycles. The van der Waals surface area contributed by atoms with Crippen molar-refractivity contribution in [1.82, 2.24) is 4.31 Å². The monoisotopic (exact) mass is 301 g/mol. The number of alkyl halides is 1. The molecule has 0 spiro atoms. The lowest BCUT2D eigenvalue weighted by Gasteiger charge is -2.21. The Balaban J connectivity index is 2.10. The zero-order valence-electron chi connectivity index (χ0n) is 11.2. The first-order valence-electron chi connectivity index (χ1n) is 6.70. The molecule has 0 atom stereocenters. The first kappa shape index (κ1) is 14.8. The van der Waals surface area contributed by atoms with Crippen molar-refractivity contribution < 1.29 is 8.42 Å². The van der Waals surface area contributed by atoms with Crippen molar-refractivity contribution in [3.63, 3.8) is 0 Å². The number of hydrogen-bond acceptors (Lipinski definition) is 2. The third-order valence-corrected chi connectivity index (χ3v) is 5.48. The van der Waals surface area contributed by atoms with Crippen LogP contribution in [0.4, 0.5) is 0 Å². The molecule has 0 unspecified atom stereocenters. The summed E-state index contributed by atoms with van der Waals surface area (Å²) < 4.78 is 26.5. The molecule has 5 heteroatoms. The zero-order chi connectivity index (χ0) is 13.9. The van der Waals surface area contributed by atoms with E-state index in [2.05, 4.69) is 0 Å². The lowest BCUT2D eigenvalue weighted by Crippen LogP contribution is -2.34. The van der Waals surface area contributed by atoms with E-state index < -0.39 is 10.0 Å². The van der Waals surface area contributed by atoms with E-state index in [1.807, 2.05) is 31.2 Å². The first-order valence-corrected chi connectivity index (χ1v) is 8.84. The van der Waals surface area contributed by atoms with Gasteiger partial charge in [-0.05, 0) is 30.4 Å². The molecule has 1 fully saturated rings. The maximum absolute atomic E-state index is 12.4. The van der Waals surface area contributed by atoms with Crippen molar-refractivity contribution in [2.75, 3.05) is 6.54 Å². The Morgan fingerprint density at radius 3 is 2.26 bits per heavy atom. The summed E-state index contributed by atoms with van der Waals surface area (Å²) in [5.41, 5.74) is 1.84. The first-order chi connectivity index (χ1) is 9.06. The van der Waals surface area contributed by atoms with Gasteiger partial charge in [-0.25, -0.2) is 8.42 Å². The maximum atomic E-state index is 12.4. The van der Waals surface area contributed by atoms with E-state index in [0.29, 0.717) is 12.4 Å². The topological polar surface area (TPSA) is 37.4 Å². The van der Waals surface area contributed by atoms with Crippen molar-refractivity contribution in [3.05, 3.63) is 35.4 Å². The molecule has 0 bridgehead atoms. The van der Waals surface area contributed by atoms with Crippen molar-refractivity contribution in [3.8, 4) is 0 Å². The smallest absolute Gasteiger partial charge is 0.212 e. The molecule has 19 heavy (non-hydrogen) atoms. The van der Waals surface area contributed by atoms with Gasteiger partial charge in [0.05, 0.1) is 5.75 Å². The van der Waals surface area contributed by atoms with E-state index in [4.69, 9.17) is 11.6 Å². The lowest BCUT2D eigenvalue weighted by molar-refractivity contribution is 0.402. The van der Waals surface area contributed by atoms with Gasteiger partial charge in [0.25, 0.3) is 0 Å². The minimum Gasteiger partial charge on any atom is -0.212 e. The van der Waals surface area contributed by atoms with Crippen LogP contribution in [0.25, 0.3) is 0 Å². The Hall–Kier alpha value is -0.580. The van der Waals surface area contributed by atoms with Crippen LogP contribution in [0.15, 0.2) is 24.3 Å². The number of hydrogen-bond donors (Lipinski definition) is 0. The third-order valence-electron chi connectivity index (χ3n) is 3.28. The van der Waals surface area contributed by atoms with Crippen LogP contribution in [0.5, 0.6) is 0 Å². The Kier molecular flexibility index (Phi) is 4.87. The summed E-state index contributed by atoms with van der Waals surface area (Å²) in [6.07, 6.45) is 2.87. The number of halogens is 1. The number of nitrogens with zero attached hydrogens (tertiary/aromatic N) is 1. The molecule has 1 aromatic carbocycles. The van der Waals surface area contributed by atoms with E-state index in [9.17, 15) is 8.42 Å². The molecule has 1 saturated carbocycles. The van der Waals surface area contributed by atoms with E-state index in [0.717, 1.165) is 30.4 Å². The molecule has 2 rings (SSSR count). The Morgan fingerprint density at radius 2 is 1.79 bits per heavy atom. The highest BCUT2D eigenvalue weighted by atomic mass is 35.5. The number of rotatable bonds is 7. The van der Waals surface area contributed by atoms with Gasteiger partial charge in [-0.1, -0.05) is 31.2 Å². The van der Waals surface area contributed by atoms with E-state index >= 15 is 0 Å². The highest BCUT2D eigenvalue weighted by Gasteiger charge is 2.36. The van der Waals surface area contributed by atoms with Crippen LogP contribution in [0, 0.1) is 0 Å². The molecule has 0 amide bonds. The molecule has 3 nitrogen and oxygen atoms in total.